The number of ether oxygens (including phenoxy) is 1. The minimum absolute atomic E-state index is 0.0329. The average Bonchev–Trinajstić information content (AvgIpc) is 3.34. The van der Waals surface area contributed by atoms with Crippen molar-refractivity contribution in [2.45, 2.75) is 6.54 Å². The number of hydrogen-bond donors (Lipinski definition) is 0. The van der Waals surface area contributed by atoms with Crippen LogP contribution in [0.25, 0.3) is 44.0 Å². The fraction of sp³-hybridized carbons (Fsp3) is 0.152. The highest BCUT2D eigenvalue weighted by molar-refractivity contribution is 6.00. The lowest BCUT2D eigenvalue weighted by Crippen LogP contribution is -2.40. The molecular weight excluding hydrogens is 470 g/mol. The maximum Gasteiger partial charge on any atom is 0.254 e. The summed E-state index contributed by atoms with van der Waals surface area (Å²) in [5.41, 5.74) is 4.82. The molecule has 5 heteroatoms. The monoisotopic (exact) mass is 497 g/mol. The molecule has 186 valence electrons. The minimum atomic E-state index is 0.0329. The highest BCUT2D eigenvalue weighted by Gasteiger charge is 2.21. The van der Waals surface area contributed by atoms with Crippen molar-refractivity contribution in [3.8, 4) is 11.4 Å². The first-order chi connectivity index (χ1) is 18.8. The quantitative estimate of drug-likeness (QED) is 0.278. The fourth-order valence-corrected chi connectivity index (χ4v) is 5.60. The van der Waals surface area contributed by atoms with E-state index in [1.807, 2.05) is 17.0 Å². The maximum absolute atomic E-state index is 13.3. The molecule has 38 heavy (non-hydrogen) atoms. The van der Waals surface area contributed by atoms with Crippen LogP contribution in [0.5, 0.6) is 0 Å². The van der Waals surface area contributed by atoms with Gasteiger partial charge in [-0.3, -0.25) is 4.79 Å². The molecule has 5 nitrogen and oxygen atoms in total. The molecule has 1 aliphatic heterocycles. The van der Waals surface area contributed by atoms with Crippen LogP contribution < -0.4 is 0 Å². The summed E-state index contributed by atoms with van der Waals surface area (Å²) >= 11 is 0. The minimum Gasteiger partial charge on any atom is -0.378 e. The van der Waals surface area contributed by atoms with Gasteiger partial charge in [0.15, 0.2) is 0 Å². The van der Waals surface area contributed by atoms with Crippen molar-refractivity contribution in [2.75, 3.05) is 26.3 Å². The van der Waals surface area contributed by atoms with Crippen molar-refractivity contribution in [2.24, 2.45) is 0 Å². The van der Waals surface area contributed by atoms with E-state index in [0.717, 1.165) is 27.8 Å². The van der Waals surface area contributed by atoms with Crippen molar-refractivity contribution in [3.05, 3.63) is 114 Å². The Balaban J connectivity index is 1.41. The van der Waals surface area contributed by atoms with Crippen molar-refractivity contribution in [1.82, 2.24) is 14.5 Å². The fourth-order valence-electron chi connectivity index (χ4n) is 5.60. The summed E-state index contributed by atoms with van der Waals surface area (Å²) in [7, 11) is 0. The highest BCUT2D eigenvalue weighted by atomic mass is 16.5. The van der Waals surface area contributed by atoms with Crippen LogP contribution in [0.3, 0.4) is 0 Å². The Morgan fingerprint density at radius 3 is 2.26 bits per heavy atom. The predicted molar refractivity (Wildman–Crippen MR) is 152 cm³/mol. The molecule has 0 saturated carbocycles. The van der Waals surface area contributed by atoms with Crippen LogP contribution in [0.2, 0.25) is 0 Å². The van der Waals surface area contributed by atoms with E-state index >= 15 is 0 Å². The van der Waals surface area contributed by atoms with Gasteiger partial charge < -0.3 is 14.2 Å². The Morgan fingerprint density at radius 1 is 0.763 bits per heavy atom. The molecule has 1 aliphatic rings. The van der Waals surface area contributed by atoms with Crippen molar-refractivity contribution in [1.29, 1.82) is 0 Å². The first-order valence-corrected chi connectivity index (χ1v) is 13.1. The molecule has 6 aromatic rings. The van der Waals surface area contributed by atoms with E-state index in [2.05, 4.69) is 95.6 Å². The number of benzene rings is 5. The zero-order valence-corrected chi connectivity index (χ0v) is 21.0. The molecule has 1 aromatic heterocycles. The number of nitrogens with zero attached hydrogens (tertiary/aromatic N) is 3. The predicted octanol–water partition coefficient (Wildman–Crippen LogP) is 6.53. The van der Waals surface area contributed by atoms with Crippen LogP contribution >= 0.6 is 0 Å². The van der Waals surface area contributed by atoms with E-state index in [1.165, 1.54) is 21.7 Å². The molecule has 0 bridgehead atoms. The van der Waals surface area contributed by atoms with Gasteiger partial charge in [0, 0.05) is 24.2 Å². The van der Waals surface area contributed by atoms with Crippen LogP contribution in [0.1, 0.15) is 15.9 Å². The summed E-state index contributed by atoms with van der Waals surface area (Å²) in [5, 5.41) is 4.80. The first-order valence-electron chi connectivity index (χ1n) is 13.1. The second-order valence-electron chi connectivity index (χ2n) is 9.79. The number of hydrogen-bond acceptors (Lipinski definition) is 3. The van der Waals surface area contributed by atoms with Crippen LogP contribution in [0.4, 0.5) is 0 Å². The number of morpholine rings is 1. The molecule has 7 rings (SSSR count). The third kappa shape index (κ3) is 3.92. The third-order valence-corrected chi connectivity index (χ3v) is 7.53. The summed E-state index contributed by atoms with van der Waals surface area (Å²) in [6.45, 7) is 3.08. The van der Waals surface area contributed by atoms with E-state index in [4.69, 9.17) is 9.72 Å². The number of carbonyl (C=O) groups is 1. The van der Waals surface area contributed by atoms with Crippen molar-refractivity contribution >= 4 is 38.5 Å². The molecule has 0 N–H and O–H groups in total. The smallest absolute Gasteiger partial charge is 0.254 e. The Bertz CT molecular complexity index is 1800. The van der Waals surface area contributed by atoms with Crippen LogP contribution in [-0.2, 0) is 11.3 Å². The Kier molecular flexibility index (Phi) is 5.64. The lowest BCUT2D eigenvalue weighted by molar-refractivity contribution is 0.0303. The molecule has 0 unspecified atom stereocenters. The van der Waals surface area contributed by atoms with Gasteiger partial charge in [0.25, 0.3) is 5.91 Å². The molecular formula is C33H27N3O2. The zero-order valence-electron chi connectivity index (χ0n) is 21.0. The molecule has 0 radical (unpaired) electrons. The van der Waals surface area contributed by atoms with Gasteiger partial charge in [0.05, 0.1) is 30.8 Å². The van der Waals surface area contributed by atoms with Gasteiger partial charge in [-0.1, -0.05) is 84.9 Å². The number of carbonyl (C=O) groups excluding carboxylic acids is 1. The summed E-state index contributed by atoms with van der Waals surface area (Å²) in [6.07, 6.45) is 0. The van der Waals surface area contributed by atoms with Gasteiger partial charge in [-0.2, -0.15) is 0 Å². The summed E-state index contributed by atoms with van der Waals surface area (Å²) in [5.74, 6) is 0.936. The van der Waals surface area contributed by atoms with E-state index in [9.17, 15) is 4.79 Å². The summed E-state index contributed by atoms with van der Waals surface area (Å²) < 4.78 is 7.73. The van der Waals surface area contributed by atoms with E-state index < -0.39 is 0 Å². The summed E-state index contributed by atoms with van der Waals surface area (Å²) in [4.78, 5) is 20.3. The topological polar surface area (TPSA) is 47.4 Å². The number of aromatic nitrogens is 2. The molecule has 1 saturated heterocycles. The zero-order chi connectivity index (χ0) is 25.5. The van der Waals surface area contributed by atoms with Gasteiger partial charge in [0.2, 0.25) is 0 Å². The van der Waals surface area contributed by atoms with Gasteiger partial charge in [0.1, 0.15) is 5.82 Å². The number of imidazole rings is 1. The number of fused-ring (bicyclic) bond motifs is 3. The van der Waals surface area contributed by atoms with Crippen molar-refractivity contribution in [3.63, 3.8) is 0 Å². The SMILES string of the molecule is O=C(c1ccc2c(c1)nc(-c1cccc3ccccc13)n2Cc1cccc2ccccc12)N1CCOCC1. The largest absolute Gasteiger partial charge is 0.378 e. The number of rotatable bonds is 4. The lowest BCUT2D eigenvalue weighted by atomic mass is 10.0. The number of amides is 1. The van der Waals surface area contributed by atoms with Gasteiger partial charge in [-0.15, -0.1) is 0 Å². The average molecular weight is 498 g/mol. The Labute approximate surface area is 220 Å². The molecule has 0 atom stereocenters. The van der Waals surface area contributed by atoms with Crippen LogP contribution in [-0.4, -0.2) is 46.7 Å². The normalized spacial score (nSPS) is 13.9. The molecule has 1 amide bonds. The molecule has 1 fully saturated rings. The molecule has 5 aromatic carbocycles. The van der Waals surface area contributed by atoms with Crippen LogP contribution in [0.15, 0.2) is 103 Å². The standard InChI is InChI=1S/C33H27N3O2/c37-33(35-17-19-38-20-18-35)25-15-16-31-30(21-25)34-32(29-14-6-10-24-8-2-4-13-28(24)29)36(31)22-26-11-5-9-23-7-1-3-12-27(23)26/h1-16,21H,17-20,22H2. The second-order valence-corrected chi connectivity index (χ2v) is 9.79. The second kappa shape index (κ2) is 9.43. The Hall–Kier alpha value is -4.48. The van der Waals surface area contributed by atoms with E-state index in [-0.39, 0.29) is 5.91 Å². The molecule has 0 aliphatic carbocycles. The van der Waals surface area contributed by atoms with Gasteiger partial charge in [-0.25, -0.2) is 4.98 Å². The third-order valence-electron chi connectivity index (χ3n) is 7.53. The van der Waals surface area contributed by atoms with E-state index in [1.54, 1.807) is 0 Å². The van der Waals surface area contributed by atoms with E-state index in [0.29, 0.717) is 38.4 Å². The van der Waals surface area contributed by atoms with Crippen LogP contribution in [0, 0.1) is 0 Å². The van der Waals surface area contributed by atoms with Crippen molar-refractivity contribution < 1.29 is 9.53 Å². The first kappa shape index (κ1) is 22.7. The van der Waals surface area contributed by atoms with Gasteiger partial charge >= 0.3 is 0 Å². The Morgan fingerprint density at radius 2 is 1.45 bits per heavy atom. The maximum atomic E-state index is 13.3. The van der Waals surface area contributed by atoms with Gasteiger partial charge in [-0.05, 0) is 45.3 Å². The molecule has 2 heterocycles. The lowest BCUT2D eigenvalue weighted by Gasteiger charge is -2.26. The molecule has 0 spiro atoms. The summed E-state index contributed by atoms with van der Waals surface area (Å²) in [6, 6.07) is 35.7. The highest BCUT2D eigenvalue weighted by Crippen LogP contribution is 2.33.